The smallest absolute Gasteiger partial charge is 0.329 e. The Kier molecular flexibility index (Phi) is 4.91. The molecule has 1 aliphatic carbocycles. The van der Waals surface area contributed by atoms with Crippen molar-refractivity contribution in [2.24, 2.45) is 0 Å². The number of halogens is 2. The van der Waals surface area contributed by atoms with Crippen LogP contribution in [0.1, 0.15) is 31.2 Å². The largest absolute Gasteiger partial charge is 0.480 e. The highest BCUT2D eigenvalue weighted by Gasteiger charge is 2.42. The number of benzene rings is 1. The third kappa shape index (κ3) is 3.77. The van der Waals surface area contributed by atoms with Gasteiger partial charge in [0.25, 0.3) is 0 Å². The van der Waals surface area contributed by atoms with E-state index < -0.39 is 17.4 Å². The topological polar surface area (TPSA) is 66.4 Å². The summed E-state index contributed by atoms with van der Waals surface area (Å²) in [6, 6.07) is 4.94. The van der Waals surface area contributed by atoms with E-state index in [0.717, 1.165) is 12.8 Å². The molecule has 0 saturated heterocycles. The van der Waals surface area contributed by atoms with E-state index in [9.17, 15) is 14.7 Å². The van der Waals surface area contributed by atoms with Crippen LogP contribution in [0.4, 0.5) is 0 Å². The SMILES string of the molecule is O=C(C=Cc1ccc(Cl)cc1Cl)NC1(C(=O)O)CCCC1. The molecule has 0 heterocycles. The Balaban J connectivity index is 2.07. The zero-order valence-electron chi connectivity index (χ0n) is 11.2. The zero-order chi connectivity index (χ0) is 15.5. The van der Waals surface area contributed by atoms with Gasteiger partial charge in [-0.15, -0.1) is 0 Å². The molecule has 0 radical (unpaired) electrons. The molecule has 1 aliphatic rings. The van der Waals surface area contributed by atoms with Crippen LogP contribution in [-0.4, -0.2) is 22.5 Å². The molecular formula is C15H15Cl2NO3. The van der Waals surface area contributed by atoms with Crippen molar-refractivity contribution in [3.63, 3.8) is 0 Å². The number of aliphatic carboxylic acids is 1. The molecular weight excluding hydrogens is 313 g/mol. The number of carboxylic acids is 1. The lowest BCUT2D eigenvalue weighted by Crippen LogP contribution is -2.52. The third-order valence-corrected chi connectivity index (χ3v) is 4.17. The number of carbonyl (C=O) groups excluding carboxylic acids is 1. The van der Waals surface area contributed by atoms with Crippen LogP contribution in [-0.2, 0) is 9.59 Å². The van der Waals surface area contributed by atoms with E-state index in [1.54, 1.807) is 24.3 Å². The van der Waals surface area contributed by atoms with E-state index in [1.165, 1.54) is 6.08 Å². The number of rotatable bonds is 4. The zero-order valence-corrected chi connectivity index (χ0v) is 12.7. The minimum absolute atomic E-state index is 0.431. The lowest BCUT2D eigenvalue weighted by atomic mass is 9.98. The van der Waals surface area contributed by atoms with Crippen LogP contribution in [0.5, 0.6) is 0 Å². The third-order valence-electron chi connectivity index (χ3n) is 3.61. The van der Waals surface area contributed by atoms with E-state index in [4.69, 9.17) is 23.2 Å². The summed E-state index contributed by atoms with van der Waals surface area (Å²) in [4.78, 5) is 23.3. The number of carboxylic acid groups (broad SMARTS) is 1. The quantitative estimate of drug-likeness (QED) is 0.831. The van der Waals surface area contributed by atoms with Crippen molar-refractivity contribution in [2.75, 3.05) is 0 Å². The Hall–Kier alpha value is -1.52. The van der Waals surface area contributed by atoms with Gasteiger partial charge in [-0.1, -0.05) is 42.1 Å². The Morgan fingerprint density at radius 1 is 1.24 bits per heavy atom. The lowest BCUT2D eigenvalue weighted by Gasteiger charge is -2.24. The van der Waals surface area contributed by atoms with Crippen molar-refractivity contribution in [1.29, 1.82) is 0 Å². The molecule has 1 fully saturated rings. The van der Waals surface area contributed by atoms with E-state index in [1.807, 2.05) is 0 Å². The number of hydrogen-bond donors (Lipinski definition) is 2. The van der Waals surface area contributed by atoms with Crippen molar-refractivity contribution in [3.8, 4) is 0 Å². The fourth-order valence-electron chi connectivity index (χ4n) is 2.45. The van der Waals surface area contributed by atoms with Crippen molar-refractivity contribution in [2.45, 2.75) is 31.2 Å². The highest BCUT2D eigenvalue weighted by Crippen LogP contribution is 2.30. The minimum atomic E-state index is -1.13. The first-order valence-electron chi connectivity index (χ1n) is 6.62. The molecule has 0 spiro atoms. The van der Waals surface area contributed by atoms with Gasteiger partial charge < -0.3 is 10.4 Å². The first-order valence-corrected chi connectivity index (χ1v) is 7.37. The summed E-state index contributed by atoms with van der Waals surface area (Å²) >= 11 is 11.8. The van der Waals surface area contributed by atoms with Crippen molar-refractivity contribution >= 4 is 41.2 Å². The Bertz CT molecular complexity index is 593. The maximum absolute atomic E-state index is 11.9. The van der Waals surface area contributed by atoms with Gasteiger partial charge >= 0.3 is 5.97 Å². The molecule has 0 aliphatic heterocycles. The van der Waals surface area contributed by atoms with Gasteiger partial charge in [0, 0.05) is 16.1 Å². The summed E-state index contributed by atoms with van der Waals surface area (Å²) < 4.78 is 0. The molecule has 0 atom stereocenters. The maximum atomic E-state index is 11.9. The Morgan fingerprint density at radius 3 is 2.48 bits per heavy atom. The highest BCUT2D eigenvalue weighted by molar-refractivity contribution is 6.35. The van der Waals surface area contributed by atoms with Gasteiger partial charge in [-0.25, -0.2) is 4.79 Å². The van der Waals surface area contributed by atoms with Crippen LogP contribution >= 0.6 is 23.2 Å². The second-order valence-electron chi connectivity index (χ2n) is 5.08. The van der Waals surface area contributed by atoms with Gasteiger partial charge in [0.2, 0.25) is 5.91 Å². The van der Waals surface area contributed by atoms with Crippen LogP contribution in [0.3, 0.4) is 0 Å². The molecule has 1 aromatic rings. The predicted octanol–water partition coefficient (Wildman–Crippen LogP) is 3.52. The molecule has 1 saturated carbocycles. The van der Waals surface area contributed by atoms with Gasteiger partial charge in [0.1, 0.15) is 5.54 Å². The normalized spacial score (nSPS) is 17.0. The van der Waals surface area contributed by atoms with Crippen molar-refractivity contribution in [3.05, 3.63) is 39.9 Å². The van der Waals surface area contributed by atoms with Gasteiger partial charge in [0.05, 0.1) is 0 Å². The number of carbonyl (C=O) groups is 2. The predicted molar refractivity (Wildman–Crippen MR) is 82.5 cm³/mol. The molecule has 4 nitrogen and oxygen atoms in total. The van der Waals surface area contributed by atoms with E-state index >= 15 is 0 Å². The second-order valence-corrected chi connectivity index (χ2v) is 5.93. The van der Waals surface area contributed by atoms with Crippen LogP contribution in [0.25, 0.3) is 6.08 Å². The van der Waals surface area contributed by atoms with E-state index in [-0.39, 0.29) is 0 Å². The molecule has 21 heavy (non-hydrogen) atoms. The van der Waals surface area contributed by atoms with Crippen LogP contribution < -0.4 is 5.32 Å². The molecule has 1 amide bonds. The monoisotopic (exact) mass is 327 g/mol. The average Bonchev–Trinajstić information content (AvgIpc) is 2.87. The van der Waals surface area contributed by atoms with Crippen molar-refractivity contribution in [1.82, 2.24) is 5.32 Å². The first kappa shape index (κ1) is 15.9. The van der Waals surface area contributed by atoms with Crippen LogP contribution in [0, 0.1) is 0 Å². The van der Waals surface area contributed by atoms with E-state index in [0.29, 0.717) is 28.5 Å². The summed E-state index contributed by atoms with van der Waals surface area (Å²) in [6.07, 6.45) is 5.36. The first-order chi connectivity index (χ1) is 9.93. The summed E-state index contributed by atoms with van der Waals surface area (Å²) in [5, 5.41) is 12.8. The lowest BCUT2D eigenvalue weighted by molar-refractivity contribution is -0.146. The number of nitrogens with one attached hydrogen (secondary N) is 1. The Morgan fingerprint density at radius 2 is 1.90 bits per heavy atom. The number of hydrogen-bond acceptors (Lipinski definition) is 2. The fourth-order valence-corrected chi connectivity index (χ4v) is 2.92. The van der Waals surface area contributed by atoms with Crippen LogP contribution in [0.2, 0.25) is 10.0 Å². The molecule has 0 unspecified atom stereocenters. The van der Waals surface area contributed by atoms with Crippen LogP contribution in [0.15, 0.2) is 24.3 Å². The molecule has 1 aromatic carbocycles. The Labute approximate surface area is 132 Å². The van der Waals surface area contributed by atoms with Gasteiger partial charge in [-0.05, 0) is 36.6 Å². The standard InChI is InChI=1S/C15H15Cl2NO3/c16-11-5-3-10(12(17)9-11)4-6-13(19)18-15(14(20)21)7-1-2-8-15/h3-6,9H,1-2,7-8H2,(H,18,19)(H,20,21). The fraction of sp³-hybridized carbons (Fsp3) is 0.333. The summed E-state index contributed by atoms with van der Waals surface area (Å²) in [7, 11) is 0. The second kappa shape index (κ2) is 6.50. The average molecular weight is 328 g/mol. The molecule has 2 rings (SSSR count). The highest BCUT2D eigenvalue weighted by atomic mass is 35.5. The summed E-state index contributed by atoms with van der Waals surface area (Å²) in [5.74, 6) is -1.42. The van der Waals surface area contributed by atoms with Gasteiger partial charge in [-0.3, -0.25) is 4.79 Å². The minimum Gasteiger partial charge on any atom is -0.480 e. The number of amides is 1. The molecule has 0 bridgehead atoms. The van der Waals surface area contributed by atoms with Crippen molar-refractivity contribution < 1.29 is 14.7 Å². The molecule has 0 aromatic heterocycles. The van der Waals surface area contributed by atoms with Gasteiger partial charge in [-0.2, -0.15) is 0 Å². The van der Waals surface area contributed by atoms with Gasteiger partial charge in [0.15, 0.2) is 0 Å². The summed E-state index contributed by atoms with van der Waals surface area (Å²) in [6.45, 7) is 0. The molecule has 2 N–H and O–H groups in total. The summed E-state index contributed by atoms with van der Waals surface area (Å²) in [5.41, 5.74) is -0.488. The maximum Gasteiger partial charge on any atom is 0.329 e. The molecule has 6 heteroatoms. The van der Waals surface area contributed by atoms with E-state index in [2.05, 4.69) is 5.32 Å². The molecule has 112 valence electrons.